The molecule has 0 spiro atoms. The molecule has 0 aliphatic heterocycles. The predicted molar refractivity (Wildman–Crippen MR) is 93.9 cm³/mol. The van der Waals surface area contributed by atoms with Crippen LogP contribution < -0.4 is 5.32 Å². The topological polar surface area (TPSA) is 64.7 Å². The molecule has 0 saturated carbocycles. The third-order valence-electron chi connectivity index (χ3n) is 3.83. The van der Waals surface area contributed by atoms with E-state index >= 15 is 0 Å². The first-order chi connectivity index (χ1) is 11.4. The van der Waals surface area contributed by atoms with Crippen molar-refractivity contribution in [2.45, 2.75) is 20.8 Å². The number of carbonyl (C=O) groups excluding carboxylic acids is 1. The molecule has 0 aliphatic rings. The third kappa shape index (κ3) is 2.92. The van der Waals surface area contributed by atoms with Crippen LogP contribution in [-0.2, 0) is 7.05 Å². The molecule has 0 bridgehead atoms. The molecule has 0 fully saturated rings. The van der Waals surface area contributed by atoms with Crippen LogP contribution in [0.4, 0.5) is 5.69 Å². The lowest BCUT2D eigenvalue weighted by Crippen LogP contribution is -2.12. The molecule has 6 nitrogen and oxygen atoms in total. The molecule has 7 heteroatoms. The molecule has 0 aliphatic carbocycles. The van der Waals surface area contributed by atoms with Gasteiger partial charge in [-0.3, -0.25) is 9.48 Å². The molecule has 0 atom stereocenters. The zero-order valence-electron chi connectivity index (χ0n) is 14.0. The number of hydrogen-bond donors (Lipinski definition) is 1. The SMILES string of the molecule is Cc1nn(C)cc1C(=O)Nc1ccc(-n2nc(C)c(Cl)c2C)cc1. The van der Waals surface area contributed by atoms with E-state index in [1.807, 2.05) is 45.0 Å². The molecular formula is C17H18ClN5O. The standard InChI is InChI=1S/C17H18ClN5O/c1-10-15(9-22(4)20-10)17(24)19-13-5-7-14(8-6-13)23-12(3)16(18)11(2)21-23/h5-9H,1-4H3,(H,19,24). The number of rotatable bonds is 3. The Morgan fingerprint density at radius 1 is 1.08 bits per heavy atom. The van der Waals surface area contributed by atoms with Crippen molar-refractivity contribution in [3.63, 3.8) is 0 Å². The van der Waals surface area contributed by atoms with Gasteiger partial charge in [0.25, 0.3) is 5.91 Å². The summed E-state index contributed by atoms with van der Waals surface area (Å²) in [5.41, 5.74) is 4.53. The van der Waals surface area contributed by atoms with Gasteiger partial charge < -0.3 is 5.32 Å². The van der Waals surface area contributed by atoms with Gasteiger partial charge in [-0.15, -0.1) is 0 Å². The van der Waals surface area contributed by atoms with Crippen LogP contribution in [0.1, 0.15) is 27.4 Å². The van der Waals surface area contributed by atoms with Crippen LogP contribution in [-0.4, -0.2) is 25.5 Å². The molecule has 3 aromatic rings. The van der Waals surface area contributed by atoms with Gasteiger partial charge in [0.2, 0.25) is 0 Å². The number of hydrogen-bond acceptors (Lipinski definition) is 3. The van der Waals surface area contributed by atoms with E-state index in [1.165, 1.54) is 0 Å². The molecule has 124 valence electrons. The molecular weight excluding hydrogens is 326 g/mol. The lowest BCUT2D eigenvalue weighted by Gasteiger charge is -2.07. The van der Waals surface area contributed by atoms with E-state index in [0.717, 1.165) is 17.1 Å². The third-order valence-corrected chi connectivity index (χ3v) is 4.38. The minimum absolute atomic E-state index is 0.178. The van der Waals surface area contributed by atoms with Crippen molar-refractivity contribution in [2.24, 2.45) is 7.05 Å². The summed E-state index contributed by atoms with van der Waals surface area (Å²) >= 11 is 6.18. The summed E-state index contributed by atoms with van der Waals surface area (Å²) in [6, 6.07) is 7.45. The number of anilines is 1. The van der Waals surface area contributed by atoms with Gasteiger partial charge in [-0.2, -0.15) is 10.2 Å². The van der Waals surface area contributed by atoms with Gasteiger partial charge in [0, 0.05) is 18.9 Å². The van der Waals surface area contributed by atoms with Crippen molar-refractivity contribution in [3.8, 4) is 5.69 Å². The van der Waals surface area contributed by atoms with Crippen molar-refractivity contribution in [3.05, 3.63) is 58.1 Å². The summed E-state index contributed by atoms with van der Waals surface area (Å²) in [7, 11) is 1.79. The van der Waals surface area contributed by atoms with Crippen LogP contribution in [0.3, 0.4) is 0 Å². The first-order valence-corrected chi connectivity index (χ1v) is 7.88. The van der Waals surface area contributed by atoms with E-state index in [9.17, 15) is 4.79 Å². The Morgan fingerprint density at radius 2 is 1.75 bits per heavy atom. The molecule has 1 amide bonds. The van der Waals surface area contributed by atoms with Gasteiger partial charge in [0.1, 0.15) is 0 Å². The minimum Gasteiger partial charge on any atom is -0.322 e. The molecule has 0 unspecified atom stereocenters. The van der Waals surface area contributed by atoms with Crippen LogP contribution in [0.25, 0.3) is 5.69 Å². The first-order valence-electron chi connectivity index (χ1n) is 7.50. The quantitative estimate of drug-likeness (QED) is 0.792. The maximum Gasteiger partial charge on any atom is 0.259 e. The van der Waals surface area contributed by atoms with Gasteiger partial charge in [-0.05, 0) is 45.0 Å². The highest BCUT2D eigenvalue weighted by molar-refractivity contribution is 6.31. The maximum atomic E-state index is 12.3. The fourth-order valence-electron chi connectivity index (χ4n) is 2.58. The lowest BCUT2D eigenvalue weighted by molar-refractivity contribution is 0.102. The maximum absolute atomic E-state index is 12.3. The van der Waals surface area contributed by atoms with Crippen molar-refractivity contribution < 1.29 is 4.79 Å². The fourth-order valence-corrected chi connectivity index (χ4v) is 2.70. The van der Waals surface area contributed by atoms with Crippen LogP contribution in [0, 0.1) is 20.8 Å². The van der Waals surface area contributed by atoms with Crippen LogP contribution in [0.5, 0.6) is 0 Å². The van der Waals surface area contributed by atoms with Gasteiger partial charge in [-0.1, -0.05) is 11.6 Å². The lowest BCUT2D eigenvalue weighted by atomic mass is 10.2. The molecule has 0 saturated heterocycles. The fraction of sp³-hybridized carbons (Fsp3) is 0.235. The average Bonchev–Trinajstić information content (AvgIpc) is 3.02. The van der Waals surface area contributed by atoms with Gasteiger partial charge in [0.15, 0.2) is 0 Å². The summed E-state index contributed by atoms with van der Waals surface area (Å²) in [4.78, 5) is 12.3. The first kappa shape index (κ1) is 16.3. The number of nitrogens with zero attached hydrogens (tertiary/aromatic N) is 4. The number of amides is 1. The number of nitrogens with one attached hydrogen (secondary N) is 1. The summed E-state index contributed by atoms with van der Waals surface area (Å²) in [5.74, 6) is -0.178. The Hall–Kier alpha value is -2.60. The highest BCUT2D eigenvalue weighted by atomic mass is 35.5. The van der Waals surface area contributed by atoms with Crippen LogP contribution >= 0.6 is 11.6 Å². The second-order valence-corrected chi connectivity index (χ2v) is 6.08. The predicted octanol–water partition coefficient (Wildman–Crippen LogP) is 3.44. The number of halogens is 1. The van der Waals surface area contributed by atoms with E-state index in [1.54, 1.807) is 22.6 Å². The second-order valence-electron chi connectivity index (χ2n) is 5.70. The summed E-state index contributed by atoms with van der Waals surface area (Å²) in [6.45, 7) is 5.60. The molecule has 1 aromatic carbocycles. The molecule has 1 N–H and O–H groups in total. The Kier molecular flexibility index (Phi) is 4.15. The normalized spacial score (nSPS) is 10.9. The van der Waals surface area contributed by atoms with Crippen LogP contribution in [0.15, 0.2) is 30.5 Å². The Labute approximate surface area is 145 Å². The van der Waals surface area contributed by atoms with Crippen molar-refractivity contribution in [1.82, 2.24) is 19.6 Å². The van der Waals surface area contributed by atoms with Crippen molar-refractivity contribution >= 4 is 23.2 Å². The number of aryl methyl sites for hydroxylation is 3. The summed E-state index contributed by atoms with van der Waals surface area (Å²) < 4.78 is 3.41. The molecule has 2 aromatic heterocycles. The van der Waals surface area contributed by atoms with E-state index in [4.69, 9.17) is 11.6 Å². The highest BCUT2D eigenvalue weighted by Crippen LogP contribution is 2.23. The highest BCUT2D eigenvalue weighted by Gasteiger charge is 2.13. The van der Waals surface area contributed by atoms with E-state index in [2.05, 4.69) is 15.5 Å². The Morgan fingerprint density at radius 3 is 2.25 bits per heavy atom. The Balaban J connectivity index is 1.81. The van der Waals surface area contributed by atoms with Crippen LogP contribution in [0.2, 0.25) is 5.02 Å². The minimum atomic E-state index is -0.178. The van der Waals surface area contributed by atoms with Crippen molar-refractivity contribution in [1.29, 1.82) is 0 Å². The largest absolute Gasteiger partial charge is 0.322 e. The van der Waals surface area contributed by atoms with E-state index < -0.39 is 0 Å². The zero-order valence-corrected chi connectivity index (χ0v) is 14.7. The zero-order chi connectivity index (χ0) is 17.4. The van der Waals surface area contributed by atoms with Gasteiger partial charge in [-0.25, -0.2) is 4.68 Å². The van der Waals surface area contributed by atoms with E-state index in [0.29, 0.717) is 22.0 Å². The van der Waals surface area contributed by atoms with Gasteiger partial charge in [0.05, 0.1) is 33.4 Å². The van der Waals surface area contributed by atoms with Crippen molar-refractivity contribution in [2.75, 3.05) is 5.32 Å². The molecule has 0 radical (unpaired) electrons. The summed E-state index contributed by atoms with van der Waals surface area (Å²) in [5, 5.41) is 12.1. The van der Waals surface area contributed by atoms with E-state index in [-0.39, 0.29) is 5.91 Å². The molecule has 3 rings (SSSR count). The monoisotopic (exact) mass is 343 g/mol. The number of aromatic nitrogens is 4. The molecule has 2 heterocycles. The smallest absolute Gasteiger partial charge is 0.259 e. The number of carbonyl (C=O) groups is 1. The average molecular weight is 344 g/mol. The summed E-state index contributed by atoms with van der Waals surface area (Å²) in [6.07, 6.45) is 1.71. The molecule has 24 heavy (non-hydrogen) atoms. The Bertz CT molecular complexity index is 908. The second kappa shape index (κ2) is 6.13. The van der Waals surface area contributed by atoms with Gasteiger partial charge >= 0.3 is 0 Å². The number of benzene rings is 1.